The Balaban J connectivity index is 1.66. The number of aryl methyl sites for hydroxylation is 2. The lowest BCUT2D eigenvalue weighted by Gasteiger charge is -2.07. The van der Waals surface area contributed by atoms with Crippen LogP contribution in [0.1, 0.15) is 22.3 Å². The molecular formula is C20H20ClNO2. The van der Waals surface area contributed by atoms with E-state index in [0.717, 1.165) is 39.1 Å². The van der Waals surface area contributed by atoms with E-state index in [2.05, 4.69) is 17.4 Å². The second kappa shape index (κ2) is 7.10. The lowest BCUT2D eigenvalue weighted by Crippen LogP contribution is -2.27. The van der Waals surface area contributed by atoms with Crippen molar-refractivity contribution in [2.45, 2.75) is 26.7 Å². The molecule has 1 aromatic heterocycles. The van der Waals surface area contributed by atoms with Crippen molar-refractivity contribution in [3.8, 4) is 0 Å². The molecule has 1 heterocycles. The van der Waals surface area contributed by atoms with Crippen LogP contribution in [0.25, 0.3) is 11.0 Å². The molecule has 1 N–H and O–H groups in total. The number of hydrogen-bond acceptors (Lipinski definition) is 2. The fourth-order valence-electron chi connectivity index (χ4n) is 2.96. The summed E-state index contributed by atoms with van der Waals surface area (Å²) in [6.45, 7) is 4.54. The summed E-state index contributed by atoms with van der Waals surface area (Å²) in [6, 6.07) is 12.0. The highest BCUT2D eigenvalue weighted by molar-refractivity contribution is 6.33. The Labute approximate surface area is 146 Å². The first-order chi connectivity index (χ1) is 11.6. The van der Waals surface area contributed by atoms with Gasteiger partial charge in [0.05, 0.1) is 12.7 Å². The number of hydrogen-bond donors (Lipinski definition) is 1. The van der Waals surface area contributed by atoms with Gasteiger partial charge < -0.3 is 9.73 Å². The van der Waals surface area contributed by atoms with E-state index in [1.807, 2.05) is 38.1 Å². The Morgan fingerprint density at radius 1 is 1.21 bits per heavy atom. The van der Waals surface area contributed by atoms with Crippen molar-refractivity contribution < 1.29 is 9.21 Å². The third-order valence-corrected chi connectivity index (χ3v) is 4.80. The molecule has 0 aliphatic carbocycles. The lowest BCUT2D eigenvalue weighted by atomic mass is 10.0. The standard InChI is InChI=1S/C20H20ClNO2/c1-13-10-17-19(14(2)20(13)21)16(12-24-17)11-18(23)22-9-8-15-6-4-3-5-7-15/h3-7,10,12H,8-9,11H2,1-2H3,(H,22,23). The van der Waals surface area contributed by atoms with Gasteiger partial charge >= 0.3 is 0 Å². The summed E-state index contributed by atoms with van der Waals surface area (Å²) in [5, 5.41) is 4.65. The fraction of sp³-hybridized carbons (Fsp3) is 0.250. The van der Waals surface area contributed by atoms with Crippen molar-refractivity contribution in [2.75, 3.05) is 6.54 Å². The largest absolute Gasteiger partial charge is 0.464 e. The molecule has 124 valence electrons. The van der Waals surface area contributed by atoms with E-state index in [9.17, 15) is 4.79 Å². The summed E-state index contributed by atoms with van der Waals surface area (Å²) in [7, 11) is 0. The first kappa shape index (κ1) is 16.6. The van der Waals surface area contributed by atoms with Gasteiger partial charge in [0.2, 0.25) is 5.91 Å². The fourth-order valence-corrected chi connectivity index (χ4v) is 3.11. The summed E-state index contributed by atoms with van der Waals surface area (Å²) < 4.78 is 5.60. The third-order valence-electron chi connectivity index (χ3n) is 4.22. The molecule has 2 aromatic carbocycles. The molecule has 3 aromatic rings. The molecule has 4 heteroatoms. The molecular weight excluding hydrogens is 322 g/mol. The normalized spacial score (nSPS) is 11.0. The highest BCUT2D eigenvalue weighted by atomic mass is 35.5. The molecule has 3 rings (SSSR count). The molecule has 1 amide bonds. The predicted octanol–water partition coefficient (Wildman–Crippen LogP) is 4.60. The molecule has 0 fully saturated rings. The number of furan rings is 1. The van der Waals surface area contributed by atoms with Gasteiger partial charge in [0, 0.05) is 22.5 Å². The summed E-state index contributed by atoms with van der Waals surface area (Å²) in [4.78, 5) is 12.2. The van der Waals surface area contributed by atoms with Crippen molar-refractivity contribution in [1.82, 2.24) is 5.32 Å². The number of benzene rings is 2. The summed E-state index contributed by atoms with van der Waals surface area (Å²) in [5.41, 5.74) is 4.81. The van der Waals surface area contributed by atoms with Crippen LogP contribution in [0, 0.1) is 13.8 Å². The molecule has 0 spiro atoms. The van der Waals surface area contributed by atoms with E-state index >= 15 is 0 Å². The van der Waals surface area contributed by atoms with Gasteiger partial charge in [0.1, 0.15) is 5.58 Å². The van der Waals surface area contributed by atoms with Crippen LogP contribution in [-0.4, -0.2) is 12.5 Å². The first-order valence-corrected chi connectivity index (χ1v) is 8.40. The maximum absolute atomic E-state index is 12.2. The molecule has 0 aliphatic rings. The zero-order valence-electron chi connectivity index (χ0n) is 13.9. The summed E-state index contributed by atoms with van der Waals surface area (Å²) >= 11 is 6.33. The van der Waals surface area contributed by atoms with Gasteiger partial charge in [-0.2, -0.15) is 0 Å². The van der Waals surface area contributed by atoms with E-state index < -0.39 is 0 Å². The Kier molecular flexibility index (Phi) is 4.91. The van der Waals surface area contributed by atoms with Crippen LogP contribution in [0.4, 0.5) is 0 Å². The van der Waals surface area contributed by atoms with Crippen LogP contribution >= 0.6 is 11.6 Å². The summed E-state index contributed by atoms with van der Waals surface area (Å²) in [5.74, 6) is -0.00951. The van der Waals surface area contributed by atoms with Crippen LogP contribution in [0.5, 0.6) is 0 Å². The quantitative estimate of drug-likeness (QED) is 0.736. The maximum atomic E-state index is 12.2. The zero-order chi connectivity index (χ0) is 17.1. The Bertz CT molecular complexity index is 868. The SMILES string of the molecule is Cc1cc2occ(CC(=O)NCCc3ccccc3)c2c(C)c1Cl. The van der Waals surface area contributed by atoms with Gasteiger partial charge in [-0.3, -0.25) is 4.79 Å². The van der Waals surface area contributed by atoms with Crippen molar-refractivity contribution in [2.24, 2.45) is 0 Å². The van der Waals surface area contributed by atoms with Gasteiger partial charge in [0.25, 0.3) is 0 Å². The molecule has 0 unspecified atom stereocenters. The van der Waals surface area contributed by atoms with Gasteiger partial charge in [-0.25, -0.2) is 0 Å². The van der Waals surface area contributed by atoms with Crippen molar-refractivity contribution in [3.05, 3.63) is 69.9 Å². The smallest absolute Gasteiger partial charge is 0.224 e. The number of carbonyl (C=O) groups excluding carboxylic acids is 1. The van der Waals surface area contributed by atoms with E-state index in [1.165, 1.54) is 5.56 Å². The Morgan fingerprint density at radius 3 is 2.71 bits per heavy atom. The van der Waals surface area contributed by atoms with E-state index in [1.54, 1.807) is 6.26 Å². The number of nitrogens with one attached hydrogen (secondary N) is 1. The minimum Gasteiger partial charge on any atom is -0.464 e. The number of fused-ring (bicyclic) bond motifs is 1. The number of carbonyl (C=O) groups is 1. The highest BCUT2D eigenvalue weighted by Gasteiger charge is 2.15. The molecule has 0 bridgehead atoms. The second-order valence-electron chi connectivity index (χ2n) is 6.03. The van der Waals surface area contributed by atoms with Crippen LogP contribution < -0.4 is 5.32 Å². The lowest BCUT2D eigenvalue weighted by molar-refractivity contribution is -0.120. The average Bonchev–Trinajstić information content (AvgIpc) is 2.96. The molecule has 0 saturated carbocycles. The molecule has 3 nitrogen and oxygen atoms in total. The molecule has 24 heavy (non-hydrogen) atoms. The Morgan fingerprint density at radius 2 is 1.96 bits per heavy atom. The predicted molar refractivity (Wildman–Crippen MR) is 97.6 cm³/mol. The highest BCUT2D eigenvalue weighted by Crippen LogP contribution is 2.32. The summed E-state index contributed by atoms with van der Waals surface area (Å²) in [6.07, 6.45) is 2.77. The van der Waals surface area contributed by atoms with Crippen molar-refractivity contribution >= 4 is 28.5 Å². The third kappa shape index (κ3) is 3.46. The van der Waals surface area contributed by atoms with Crippen LogP contribution in [0.3, 0.4) is 0 Å². The first-order valence-electron chi connectivity index (χ1n) is 8.02. The molecule has 0 atom stereocenters. The van der Waals surface area contributed by atoms with E-state index in [-0.39, 0.29) is 5.91 Å². The molecule has 0 saturated heterocycles. The molecule has 0 radical (unpaired) electrons. The maximum Gasteiger partial charge on any atom is 0.224 e. The van der Waals surface area contributed by atoms with Crippen LogP contribution in [-0.2, 0) is 17.6 Å². The average molecular weight is 342 g/mol. The number of halogens is 1. The minimum absolute atomic E-state index is 0.00951. The topological polar surface area (TPSA) is 42.2 Å². The zero-order valence-corrected chi connectivity index (χ0v) is 14.6. The van der Waals surface area contributed by atoms with Gasteiger partial charge in [-0.1, -0.05) is 41.9 Å². The van der Waals surface area contributed by atoms with Gasteiger partial charge in [-0.15, -0.1) is 0 Å². The number of rotatable bonds is 5. The Hall–Kier alpha value is -2.26. The van der Waals surface area contributed by atoms with Gasteiger partial charge in [-0.05, 0) is 43.0 Å². The van der Waals surface area contributed by atoms with E-state index in [4.69, 9.17) is 16.0 Å². The van der Waals surface area contributed by atoms with E-state index in [0.29, 0.717) is 13.0 Å². The van der Waals surface area contributed by atoms with Crippen molar-refractivity contribution in [3.63, 3.8) is 0 Å². The molecule has 0 aliphatic heterocycles. The van der Waals surface area contributed by atoms with Crippen LogP contribution in [0.15, 0.2) is 47.1 Å². The van der Waals surface area contributed by atoms with Gasteiger partial charge in [0.15, 0.2) is 0 Å². The monoisotopic (exact) mass is 341 g/mol. The van der Waals surface area contributed by atoms with Crippen LogP contribution in [0.2, 0.25) is 5.02 Å². The number of amides is 1. The van der Waals surface area contributed by atoms with Crippen molar-refractivity contribution in [1.29, 1.82) is 0 Å². The second-order valence-corrected chi connectivity index (χ2v) is 6.41. The minimum atomic E-state index is -0.00951.